The number of carbonyl (C=O) groups excluding carboxylic acids is 4. The summed E-state index contributed by atoms with van der Waals surface area (Å²) in [7, 11) is 3.33. The second kappa shape index (κ2) is 8.05. The molecular weight excluding hydrogens is 476 g/mol. The first-order valence-corrected chi connectivity index (χ1v) is 12.2. The topological polar surface area (TPSA) is 126 Å². The first-order valence-electron chi connectivity index (χ1n) is 12.2. The molecule has 11 heteroatoms. The van der Waals surface area contributed by atoms with E-state index in [0.717, 1.165) is 11.1 Å². The van der Waals surface area contributed by atoms with Gasteiger partial charge in [0.25, 0.3) is 5.91 Å². The molecule has 2 aliphatic heterocycles. The fraction of sp³-hybridized carbons (Fsp3) is 0.346. The van der Waals surface area contributed by atoms with Crippen molar-refractivity contribution in [2.24, 2.45) is 0 Å². The van der Waals surface area contributed by atoms with Crippen LogP contribution in [0.15, 0.2) is 47.3 Å². The minimum atomic E-state index is -0.942. The van der Waals surface area contributed by atoms with Crippen LogP contribution in [-0.2, 0) is 33.8 Å². The summed E-state index contributed by atoms with van der Waals surface area (Å²) >= 11 is 0. The zero-order valence-electron chi connectivity index (χ0n) is 20.5. The molecule has 2 N–H and O–H groups in total. The van der Waals surface area contributed by atoms with Gasteiger partial charge in [-0.2, -0.15) is 0 Å². The normalized spacial score (nSPS) is 22.9. The largest absolute Gasteiger partial charge is 0.344 e. The van der Waals surface area contributed by atoms with Crippen molar-refractivity contribution in [1.82, 2.24) is 24.3 Å². The molecule has 2 saturated heterocycles. The Kier molecular flexibility index (Phi) is 5.01. The Balaban J connectivity index is 1.25. The molecule has 0 radical (unpaired) electrons. The van der Waals surface area contributed by atoms with Crippen molar-refractivity contribution in [2.75, 3.05) is 26.0 Å². The van der Waals surface area contributed by atoms with E-state index in [9.17, 15) is 24.0 Å². The third-order valence-electron chi connectivity index (χ3n) is 7.93. The van der Waals surface area contributed by atoms with E-state index in [1.54, 1.807) is 49.3 Å². The third kappa shape index (κ3) is 3.37. The van der Waals surface area contributed by atoms with Gasteiger partial charge in [0.15, 0.2) is 0 Å². The Morgan fingerprint density at radius 2 is 1.76 bits per heavy atom. The number of likely N-dealkylation sites (N-methyl/N-ethyl adjacent to an activating group) is 2. The fourth-order valence-electron chi connectivity index (χ4n) is 5.85. The minimum Gasteiger partial charge on any atom is -0.344 e. The molecule has 1 spiro atoms. The zero-order valence-corrected chi connectivity index (χ0v) is 20.5. The van der Waals surface area contributed by atoms with Crippen LogP contribution in [0.3, 0.4) is 0 Å². The van der Waals surface area contributed by atoms with Crippen LogP contribution < -0.4 is 16.3 Å². The van der Waals surface area contributed by atoms with E-state index in [4.69, 9.17) is 0 Å². The summed E-state index contributed by atoms with van der Waals surface area (Å²) in [6.07, 6.45) is 1.30. The van der Waals surface area contributed by atoms with E-state index in [1.165, 1.54) is 14.0 Å². The first kappa shape index (κ1) is 23.0. The van der Waals surface area contributed by atoms with Crippen molar-refractivity contribution in [3.05, 3.63) is 64.1 Å². The second-order valence-electron chi connectivity index (χ2n) is 10.0. The Morgan fingerprint density at radius 1 is 1.03 bits per heavy atom. The molecule has 2 fully saturated rings. The molecule has 190 valence electrons. The molecule has 2 aromatic carbocycles. The number of urea groups is 1. The molecule has 11 nitrogen and oxygen atoms in total. The van der Waals surface area contributed by atoms with Gasteiger partial charge in [0.2, 0.25) is 11.8 Å². The summed E-state index contributed by atoms with van der Waals surface area (Å²) in [6.45, 7) is 0.352. The Hall–Kier alpha value is -4.41. The van der Waals surface area contributed by atoms with E-state index in [0.29, 0.717) is 42.5 Å². The minimum absolute atomic E-state index is 0.117. The summed E-state index contributed by atoms with van der Waals surface area (Å²) in [6, 6.07) is 11.6. The number of nitrogens with zero attached hydrogens (tertiary/aromatic N) is 4. The number of amides is 5. The quantitative estimate of drug-likeness (QED) is 0.512. The number of aromatic nitrogens is 2. The predicted octanol–water partition coefficient (Wildman–Crippen LogP) is 0.864. The van der Waals surface area contributed by atoms with E-state index in [2.05, 4.69) is 10.6 Å². The van der Waals surface area contributed by atoms with Gasteiger partial charge < -0.3 is 15.1 Å². The van der Waals surface area contributed by atoms with Gasteiger partial charge in [-0.05, 0) is 41.8 Å². The van der Waals surface area contributed by atoms with Gasteiger partial charge in [-0.1, -0.05) is 18.2 Å². The maximum Gasteiger partial charge on any atom is 0.330 e. The van der Waals surface area contributed by atoms with Crippen molar-refractivity contribution in [1.29, 1.82) is 0 Å². The molecule has 1 aliphatic carbocycles. The van der Waals surface area contributed by atoms with Crippen molar-refractivity contribution in [3.63, 3.8) is 0 Å². The van der Waals surface area contributed by atoms with Crippen molar-refractivity contribution in [3.8, 4) is 0 Å². The number of rotatable bonds is 4. The third-order valence-corrected chi connectivity index (χ3v) is 7.93. The molecule has 5 amide bonds. The predicted molar refractivity (Wildman–Crippen MR) is 134 cm³/mol. The number of imide groups is 1. The van der Waals surface area contributed by atoms with Crippen LogP contribution >= 0.6 is 0 Å². The van der Waals surface area contributed by atoms with Crippen molar-refractivity contribution < 1.29 is 19.2 Å². The summed E-state index contributed by atoms with van der Waals surface area (Å²) in [5, 5.41) is 5.23. The smallest absolute Gasteiger partial charge is 0.330 e. The van der Waals surface area contributed by atoms with Gasteiger partial charge in [0, 0.05) is 39.2 Å². The van der Waals surface area contributed by atoms with Gasteiger partial charge in [-0.15, -0.1) is 0 Å². The van der Waals surface area contributed by atoms with E-state index >= 15 is 0 Å². The van der Waals surface area contributed by atoms with Crippen LogP contribution in [-0.4, -0.2) is 68.9 Å². The molecule has 37 heavy (non-hydrogen) atoms. The number of benzene rings is 2. The molecule has 1 aromatic heterocycles. The highest BCUT2D eigenvalue weighted by molar-refractivity contribution is 6.07. The lowest BCUT2D eigenvalue weighted by molar-refractivity contribution is -0.129. The van der Waals surface area contributed by atoms with Crippen LogP contribution in [0, 0.1) is 0 Å². The maximum absolute atomic E-state index is 13.4. The molecule has 3 aromatic rings. The monoisotopic (exact) mass is 502 g/mol. The molecule has 6 rings (SSSR count). The standard InChI is InChI=1S/C26H26N6O5/c1-29-10-9-20(22(29)34)32-19-6-4-3-5-18(19)31(25(32)37)14-21(33)27-17-8-7-15-12-26(13-16(15)11-17)23(35)28-24(36)30(26)2/h3-8,11,20H,9-10,12-14H2,1-2H3,(H,27,33)(H,28,35,36). The lowest BCUT2D eigenvalue weighted by atomic mass is 9.95. The lowest BCUT2D eigenvalue weighted by Gasteiger charge is -2.27. The highest BCUT2D eigenvalue weighted by Crippen LogP contribution is 2.38. The average Bonchev–Trinajstić information content (AvgIpc) is 3.55. The van der Waals surface area contributed by atoms with E-state index < -0.39 is 29.2 Å². The first-order chi connectivity index (χ1) is 17.7. The SMILES string of the molecule is CN1CCC(n2c(=O)n(CC(=O)Nc3ccc4c(c3)CC3(C4)C(=O)NC(=O)N3C)c3ccccc32)C1=O. The number of fused-ring (bicyclic) bond motifs is 2. The van der Waals surface area contributed by atoms with Crippen LogP contribution in [0.25, 0.3) is 11.0 Å². The summed E-state index contributed by atoms with van der Waals surface area (Å²) in [5.74, 6) is -0.823. The highest BCUT2D eigenvalue weighted by Gasteiger charge is 2.54. The second-order valence-corrected chi connectivity index (χ2v) is 10.0. The number of carbonyl (C=O) groups is 4. The Labute approximate surface area is 211 Å². The molecule has 3 aliphatic rings. The van der Waals surface area contributed by atoms with Gasteiger partial charge >= 0.3 is 11.7 Å². The maximum atomic E-state index is 13.4. The molecule has 2 unspecified atom stereocenters. The van der Waals surface area contributed by atoms with Gasteiger partial charge in [0.1, 0.15) is 18.1 Å². The summed E-state index contributed by atoms with van der Waals surface area (Å²) < 4.78 is 2.88. The van der Waals surface area contributed by atoms with Crippen molar-refractivity contribution >= 4 is 40.5 Å². The summed E-state index contributed by atoms with van der Waals surface area (Å²) in [4.78, 5) is 66.7. The number of anilines is 1. The number of para-hydroxylation sites is 2. The molecule has 0 saturated carbocycles. The van der Waals surface area contributed by atoms with Crippen LogP contribution in [0.5, 0.6) is 0 Å². The molecular formula is C26H26N6O5. The number of imidazole rings is 1. The van der Waals surface area contributed by atoms with Gasteiger partial charge in [-0.3, -0.25) is 28.8 Å². The van der Waals surface area contributed by atoms with Crippen LogP contribution in [0.2, 0.25) is 0 Å². The Morgan fingerprint density at radius 3 is 2.43 bits per heavy atom. The number of nitrogens with one attached hydrogen (secondary N) is 2. The molecule has 0 bridgehead atoms. The molecule has 2 atom stereocenters. The lowest BCUT2D eigenvalue weighted by Crippen LogP contribution is -2.48. The molecule has 3 heterocycles. The van der Waals surface area contributed by atoms with E-state index in [1.807, 2.05) is 12.1 Å². The fourth-order valence-corrected chi connectivity index (χ4v) is 5.85. The van der Waals surface area contributed by atoms with Crippen molar-refractivity contribution in [2.45, 2.75) is 37.4 Å². The number of hydrogen-bond donors (Lipinski definition) is 2. The zero-order chi connectivity index (χ0) is 26.1. The highest BCUT2D eigenvalue weighted by atomic mass is 16.2. The summed E-state index contributed by atoms with van der Waals surface area (Å²) in [5.41, 5.74) is 2.22. The Bertz CT molecular complexity index is 1570. The van der Waals surface area contributed by atoms with Gasteiger partial charge in [-0.25, -0.2) is 9.59 Å². The van der Waals surface area contributed by atoms with Gasteiger partial charge in [0.05, 0.1) is 11.0 Å². The van der Waals surface area contributed by atoms with E-state index in [-0.39, 0.29) is 18.4 Å². The number of hydrogen-bond acceptors (Lipinski definition) is 5. The average molecular weight is 503 g/mol. The number of likely N-dealkylation sites (tertiary alicyclic amines) is 1. The van der Waals surface area contributed by atoms with Crippen LogP contribution in [0.1, 0.15) is 23.6 Å². The van der Waals surface area contributed by atoms with Crippen LogP contribution in [0.4, 0.5) is 10.5 Å².